The van der Waals surface area contributed by atoms with Crippen molar-refractivity contribution in [3.05, 3.63) is 50.9 Å². The molecule has 7 atom stereocenters. The number of thiazole rings is 1. The predicted molar refractivity (Wildman–Crippen MR) is 254 cm³/mol. The second-order valence-electron chi connectivity index (χ2n) is 17.2. The van der Waals surface area contributed by atoms with Crippen LogP contribution in [0.2, 0.25) is 0 Å². The predicted octanol–water partition coefficient (Wildman–Crippen LogP) is 5.16. The van der Waals surface area contributed by atoms with Crippen LogP contribution in [0, 0.1) is 17.8 Å². The molecule has 2 aromatic rings. The molecule has 18 nitrogen and oxygen atoms in total. The van der Waals surface area contributed by atoms with Gasteiger partial charge in [0.25, 0.3) is 5.91 Å². The average Bonchev–Trinajstić information content (AvgIpc) is 3.76. The summed E-state index contributed by atoms with van der Waals surface area (Å²) < 4.78 is 11.2. The number of nitrogens with zero attached hydrogens (tertiary/aromatic N) is 3. The molecule has 1 aliphatic heterocycles. The Morgan fingerprint density at radius 2 is 1.79 bits per heavy atom. The molecule has 0 radical (unpaired) electrons. The summed E-state index contributed by atoms with van der Waals surface area (Å²) in [5.74, 6) is -4.75. The topological polar surface area (TPSA) is 246 Å². The van der Waals surface area contributed by atoms with Gasteiger partial charge >= 0.3 is 11.9 Å². The number of carboxylic acids is 1. The van der Waals surface area contributed by atoms with Crippen molar-refractivity contribution < 1.29 is 53.2 Å². The number of aliphatic carboxylic acids is 1. The summed E-state index contributed by atoms with van der Waals surface area (Å²) in [5, 5.41) is 33.4. The smallest absolute Gasteiger partial charge is 0.306 e. The summed E-state index contributed by atoms with van der Waals surface area (Å²) in [4.78, 5) is 99.9. The number of anilines is 1. The summed E-state index contributed by atoms with van der Waals surface area (Å²) in [6.07, 6.45) is 3.98. The van der Waals surface area contributed by atoms with Gasteiger partial charge in [0, 0.05) is 50.5 Å². The zero-order chi connectivity index (χ0) is 49.1. The SMILES string of the molecule is CC[C@H](C)[C@H](NC(=O)[C@H]1CCCCN1C)C(=O)N(C)[C@H](C[C@@H](OC(C)=O)c1nc(C(=O)N[C@@H](Cc2ccc(O)c(NC(=O)CCOCCNC(=O)/C=C/Br)c2)CC(C)C(=O)O)cs1)C(C)C. The molecule has 1 saturated heterocycles. The fourth-order valence-electron chi connectivity index (χ4n) is 7.68. The van der Waals surface area contributed by atoms with Crippen LogP contribution >= 0.6 is 27.3 Å². The first-order chi connectivity index (χ1) is 31.2. The molecule has 0 bridgehead atoms. The molecular formula is C46H68BrN7O11S. The van der Waals surface area contributed by atoms with Crippen molar-refractivity contribution in [2.24, 2.45) is 17.8 Å². The summed E-state index contributed by atoms with van der Waals surface area (Å²) in [6.45, 7) is 11.9. The molecule has 1 aromatic heterocycles. The van der Waals surface area contributed by atoms with Crippen LogP contribution < -0.4 is 21.3 Å². The number of aromatic nitrogens is 1. The first-order valence-corrected chi connectivity index (χ1v) is 24.2. The summed E-state index contributed by atoms with van der Waals surface area (Å²) >= 11 is 4.13. The van der Waals surface area contributed by atoms with E-state index in [1.54, 1.807) is 18.0 Å². The number of hydrogen-bond donors (Lipinski definition) is 6. The second-order valence-corrected chi connectivity index (χ2v) is 18.6. The maximum atomic E-state index is 14.3. The van der Waals surface area contributed by atoms with E-state index in [-0.39, 0.29) is 98.2 Å². The number of likely N-dealkylation sites (tertiary alicyclic amines) is 1. The lowest BCUT2D eigenvalue weighted by atomic mass is 9.92. The van der Waals surface area contributed by atoms with Gasteiger partial charge in [-0.05, 0) is 73.8 Å². The van der Waals surface area contributed by atoms with Crippen molar-refractivity contribution in [2.75, 3.05) is 45.7 Å². The number of phenolic OH excluding ortho intramolecular Hbond substituents is 1. The number of benzene rings is 1. The highest BCUT2D eigenvalue weighted by molar-refractivity contribution is 9.11. The number of amides is 5. The number of piperidine rings is 1. The Kier molecular flexibility index (Phi) is 23.2. The van der Waals surface area contributed by atoms with E-state index < -0.39 is 53.9 Å². The third-order valence-electron chi connectivity index (χ3n) is 11.7. The molecular weight excluding hydrogens is 939 g/mol. The average molecular weight is 1010 g/mol. The van der Waals surface area contributed by atoms with Crippen molar-refractivity contribution in [3.63, 3.8) is 0 Å². The van der Waals surface area contributed by atoms with Gasteiger partial charge in [-0.25, -0.2) is 4.98 Å². The van der Waals surface area contributed by atoms with Crippen LogP contribution in [0.5, 0.6) is 5.75 Å². The number of carbonyl (C=O) groups excluding carboxylic acids is 6. The molecule has 2 heterocycles. The highest BCUT2D eigenvalue weighted by Gasteiger charge is 2.37. The third kappa shape index (κ3) is 17.7. The molecule has 1 aliphatic rings. The monoisotopic (exact) mass is 1010 g/mol. The standard InChI is InChI=1S/C46H68BrN7O11S/c1-9-28(4)41(52-43(60)35-12-10-11-19-53(35)7)45(61)54(8)36(27(2)3)25-38(65-30(6)55)44-51-34(26-66-44)42(59)49-32(22-29(5)46(62)63)23-31-13-14-37(56)33(24-31)50-40(58)16-20-64-21-18-48-39(57)15-17-47/h13-15,17,24,26-29,32,35-36,38,41,56H,9-12,16,18-23,25H2,1-8H3,(H,48,57)(H,49,59)(H,50,58)(H,52,60)(H,62,63)/b17-15+/t28-,29?,32+,35+,36+,38+,41-/m0/s1. The Morgan fingerprint density at radius 1 is 1.06 bits per heavy atom. The zero-order valence-electron chi connectivity index (χ0n) is 39.3. The minimum absolute atomic E-state index is 0.0110. The van der Waals surface area contributed by atoms with E-state index in [0.717, 1.165) is 37.1 Å². The van der Waals surface area contributed by atoms with Crippen LogP contribution in [0.1, 0.15) is 114 Å². The molecule has 0 spiro atoms. The summed E-state index contributed by atoms with van der Waals surface area (Å²) in [7, 11) is 3.60. The zero-order valence-corrected chi connectivity index (χ0v) is 41.7. The van der Waals surface area contributed by atoms with Gasteiger partial charge in [-0.15, -0.1) is 11.3 Å². The fraction of sp³-hybridized carbons (Fsp3) is 0.609. The van der Waals surface area contributed by atoms with Gasteiger partial charge < -0.3 is 45.9 Å². The summed E-state index contributed by atoms with van der Waals surface area (Å²) in [6, 6.07) is 2.24. The van der Waals surface area contributed by atoms with E-state index in [2.05, 4.69) is 42.2 Å². The number of carbonyl (C=O) groups is 7. The van der Waals surface area contributed by atoms with E-state index in [4.69, 9.17) is 9.47 Å². The van der Waals surface area contributed by atoms with Crippen LogP contribution in [0.3, 0.4) is 0 Å². The summed E-state index contributed by atoms with van der Waals surface area (Å²) in [5.41, 5.74) is 0.707. The number of halogens is 1. The van der Waals surface area contributed by atoms with E-state index in [0.29, 0.717) is 17.0 Å². The van der Waals surface area contributed by atoms with E-state index >= 15 is 0 Å². The van der Waals surface area contributed by atoms with Crippen LogP contribution in [0.4, 0.5) is 5.69 Å². The normalized spacial score (nSPS) is 16.9. The van der Waals surface area contributed by atoms with Crippen molar-refractivity contribution >= 4 is 74.4 Å². The third-order valence-corrected chi connectivity index (χ3v) is 12.9. The van der Waals surface area contributed by atoms with Gasteiger partial charge in [-0.2, -0.15) is 0 Å². The molecule has 20 heteroatoms. The van der Waals surface area contributed by atoms with Gasteiger partial charge in [0.15, 0.2) is 6.10 Å². The quantitative estimate of drug-likeness (QED) is 0.0309. The number of esters is 1. The number of phenols is 1. The minimum atomic E-state index is -1.06. The molecule has 5 amide bonds. The first kappa shape index (κ1) is 55.4. The lowest BCUT2D eigenvalue weighted by Crippen LogP contribution is -2.58. The number of ether oxygens (including phenoxy) is 2. The number of aromatic hydroxyl groups is 1. The van der Waals surface area contributed by atoms with Crippen LogP contribution in [-0.2, 0) is 44.7 Å². The molecule has 3 rings (SSSR count). The lowest BCUT2D eigenvalue weighted by Gasteiger charge is -2.38. The van der Waals surface area contributed by atoms with Crippen LogP contribution in [-0.4, -0.2) is 131 Å². The lowest BCUT2D eigenvalue weighted by molar-refractivity contribution is -0.149. The van der Waals surface area contributed by atoms with Crippen LogP contribution in [0.15, 0.2) is 34.6 Å². The molecule has 66 heavy (non-hydrogen) atoms. The molecule has 6 N–H and O–H groups in total. The van der Waals surface area contributed by atoms with Gasteiger partial charge in [0.05, 0.1) is 37.3 Å². The maximum Gasteiger partial charge on any atom is 0.306 e. The Hall–Kier alpha value is -4.92. The van der Waals surface area contributed by atoms with Gasteiger partial charge in [0.1, 0.15) is 22.5 Å². The Balaban J connectivity index is 1.76. The second kappa shape index (κ2) is 27.7. The number of hydrogen-bond acceptors (Lipinski definition) is 13. The molecule has 1 unspecified atom stereocenters. The van der Waals surface area contributed by atoms with E-state index in [1.807, 2.05) is 39.6 Å². The van der Waals surface area contributed by atoms with Crippen molar-refractivity contribution in [1.82, 2.24) is 30.7 Å². The Labute approximate surface area is 400 Å². The highest BCUT2D eigenvalue weighted by atomic mass is 79.9. The highest BCUT2D eigenvalue weighted by Crippen LogP contribution is 2.32. The fourth-order valence-corrected chi connectivity index (χ4v) is 8.75. The molecule has 1 aromatic carbocycles. The number of rotatable bonds is 26. The van der Waals surface area contributed by atoms with Crippen molar-refractivity contribution in [1.29, 1.82) is 0 Å². The number of likely N-dealkylation sites (N-methyl/N-ethyl adjacent to an activating group) is 2. The van der Waals surface area contributed by atoms with Crippen molar-refractivity contribution in [3.8, 4) is 5.75 Å². The van der Waals surface area contributed by atoms with E-state index in [1.165, 1.54) is 42.4 Å². The molecule has 1 fully saturated rings. The Bertz CT molecular complexity index is 2000. The van der Waals surface area contributed by atoms with Gasteiger partial charge in [-0.3, -0.25) is 38.5 Å². The number of nitrogens with one attached hydrogen (secondary N) is 4. The van der Waals surface area contributed by atoms with Gasteiger partial charge in [-0.1, -0.05) is 69.5 Å². The molecule has 0 aliphatic carbocycles. The first-order valence-electron chi connectivity index (χ1n) is 22.4. The largest absolute Gasteiger partial charge is 0.506 e. The minimum Gasteiger partial charge on any atom is -0.506 e. The van der Waals surface area contributed by atoms with Crippen LogP contribution in [0.25, 0.3) is 0 Å². The number of carboxylic acid groups (broad SMARTS) is 1. The van der Waals surface area contributed by atoms with E-state index in [9.17, 15) is 43.8 Å². The maximum absolute atomic E-state index is 14.3. The van der Waals surface area contributed by atoms with Crippen molar-refractivity contribution in [2.45, 2.75) is 123 Å². The van der Waals surface area contributed by atoms with Gasteiger partial charge in [0.2, 0.25) is 23.6 Å². The molecule has 0 saturated carbocycles. The Morgan fingerprint density at radius 3 is 2.42 bits per heavy atom. The molecule has 366 valence electrons.